The minimum Gasteiger partial charge on any atom is -0.379 e. The maximum Gasteiger partial charge on any atom is 0.316 e. The van der Waals surface area contributed by atoms with Crippen LogP contribution in [0.2, 0.25) is 0 Å². The Hall–Kier alpha value is -2.67. The SMILES string of the molecule is NNc1cccc(NCCc2ccccc2F)c1[N+](=O)[O-]. The fraction of sp³-hybridized carbons (Fsp3) is 0.143. The lowest BCUT2D eigenvalue weighted by atomic mass is 10.1. The number of hydrazine groups is 1. The average Bonchev–Trinajstić information content (AvgIpc) is 2.48. The van der Waals surface area contributed by atoms with Crippen LogP contribution in [-0.2, 0) is 6.42 Å². The molecule has 0 heterocycles. The molecule has 0 saturated heterocycles. The molecule has 0 fully saturated rings. The summed E-state index contributed by atoms with van der Waals surface area (Å²) in [5.74, 6) is 4.98. The molecular formula is C14H15FN4O2. The Bertz CT molecular complexity index is 649. The van der Waals surface area contributed by atoms with Crippen LogP contribution in [0.25, 0.3) is 0 Å². The molecule has 4 N–H and O–H groups in total. The summed E-state index contributed by atoms with van der Waals surface area (Å²) in [6.07, 6.45) is 0.421. The van der Waals surface area contributed by atoms with Gasteiger partial charge in [-0.25, -0.2) is 4.39 Å². The number of hydrogen-bond donors (Lipinski definition) is 3. The predicted molar refractivity (Wildman–Crippen MR) is 79.5 cm³/mol. The molecule has 0 amide bonds. The Balaban J connectivity index is 2.10. The molecule has 0 spiro atoms. The molecular weight excluding hydrogens is 275 g/mol. The second-order valence-corrected chi connectivity index (χ2v) is 4.37. The standard InChI is InChI=1S/C14H15FN4O2/c15-11-5-2-1-4-10(11)8-9-17-12-6-3-7-13(18-16)14(12)19(20)21/h1-7,17-18H,8-9,16H2. The summed E-state index contributed by atoms with van der Waals surface area (Å²) >= 11 is 0. The summed E-state index contributed by atoms with van der Waals surface area (Å²) in [5.41, 5.74) is 3.28. The molecule has 0 bridgehead atoms. The van der Waals surface area contributed by atoms with Crippen LogP contribution < -0.4 is 16.6 Å². The van der Waals surface area contributed by atoms with E-state index in [9.17, 15) is 14.5 Å². The van der Waals surface area contributed by atoms with Crippen molar-refractivity contribution in [2.24, 2.45) is 5.84 Å². The minimum atomic E-state index is -0.513. The summed E-state index contributed by atoms with van der Waals surface area (Å²) in [6, 6.07) is 11.2. The van der Waals surface area contributed by atoms with E-state index in [1.54, 1.807) is 30.3 Å². The number of nitrogens with zero attached hydrogens (tertiary/aromatic N) is 1. The molecule has 6 nitrogen and oxygen atoms in total. The van der Waals surface area contributed by atoms with Crippen LogP contribution in [0.5, 0.6) is 0 Å². The highest BCUT2D eigenvalue weighted by Crippen LogP contribution is 2.32. The summed E-state index contributed by atoms with van der Waals surface area (Å²) in [5, 5.41) is 14.0. The molecule has 7 heteroatoms. The quantitative estimate of drug-likeness (QED) is 0.432. The van der Waals surface area contributed by atoms with Gasteiger partial charge in [0.25, 0.3) is 0 Å². The topological polar surface area (TPSA) is 93.2 Å². The molecule has 0 atom stereocenters. The summed E-state index contributed by atoms with van der Waals surface area (Å²) in [7, 11) is 0. The average molecular weight is 290 g/mol. The first-order valence-electron chi connectivity index (χ1n) is 6.34. The zero-order valence-electron chi connectivity index (χ0n) is 11.2. The second kappa shape index (κ2) is 6.67. The smallest absolute Gasteiger partial charge is 0.316 e. The summed E-state index contributed by atoms with van der Waals surface area (Å²) < 4.78 is 13.5. The number of rotatable bonds is 6. The van der Waals surface area contributed by atoms with Crippen LogP contribution in [0.1, 0.15) is 5.56 Å². The highest BCUT2D eigenvalue weighted by molar-refractivity contribution is 5.75. The number of benzene rings is 2. The first-order valence-corrected chi connectivity index (χ1v) is 6.34. The number of nitro benzene ring substituents is 1. The normalized spacial score (nSPS) is 10.2. The Morgan fingerprint density at radius 3 is 2.52 bits per heavy atom. The van der Waals surface area contributed by atoms with Crippen molar-refractivity contribution in [3.63, 3.8) is 0 Å². The highest BCUT2D eigenvalue weighted by Gasteiger charge is 2.18. The number of nitrogen functional groups attached to an aromatic ring is 1. The zero-order valence-corrected chi connectivity index (χ0v) is 11.2. The van der Waals surface area contributed by atoms with E-state index in [4.69, 9.17) is 5.84 Å². The molecule has 2 rings (SSSR count). The van der Waals surface area contributed by atoms with Crippen molar-refractivity contribution >= 4 is 17.1 Å². The fourth-order valence-electron chi connectivity index (χ4n) is 2.03. The van der Waals surface area contributed by atoms with E-state index in [0.29, 0.717) is 24.2 Å². The summed E-state index contributed by atoms with van der Waals surface area (Å²) in [6.45, 7) is 0.371. The zero-order chi connectivity index (χ0) is 15.2. The molecule has 2 aromatic carbocycles. The van der Waals surface area contributed by atoms with Crippen LogP contribution >= 0.6 is 0 Å². The molecule has 0 saturated carbocycles. The van der Waals surface area contributed by atoms with Gasteiger partial charge in [0.2, 0.25) is 0 Å². The molecule has 0 aliphatic rings. The van der Waals surface area contributed by atoms with Crippen molar-refractivity contribution in [1.82, 2.24) is 0 Å². The van der Waals surface area contributed by atoms with Gasteiger partial charge in [-0.05, 0) is 30.2 Å². The number of nitro groups is 1. The molecule has 0 aromatic heterocycles. The maximum atomic E-state index is 13.5. The van der Waals surface area contributed by atoms with Crippen molar-refractivity contribution in [2.45, 2.75) is 6.42 Å². The highest BCUT2D eigenvalue weighted by atomic mass is 19.1. The van der Waals surface area contributed by atoms with Gasteiger partial charge in [-0.1, -0.05) is 24.3 Å². The molecule has 0 aliphatic carbocycles. The molecule has 110 valence electrons. The van der Waals surface area contributed by atoms with E-state index in [1.807, 2.05) is 0 Å². The molecule has 2 aromatic rings. The van der Waals surface area contributed by atoms with Gasteiger partial charge in [-0.15, -0.1) is 0 Å². The second-order valence-electron chi connectivity index (χ2n) is 4.37. The summed E-state index contributed by atoms with van der Waals surface area (Å²) in [4.78, 5) is 10.6. The Labute approximate surface area is 120 Å². The van der Waals surface area contributed by atoms with Gasteiger partial charge in [0.15, 0.2) is 0 Å². The Morgan fingerprint density at radius 1 is 1.14 bits per heavy atom. The molecule has 0 radical (unpaired) electrons. The van der Waals surface area contributed by atoms with Gasteiger partial charge in [-0.3, -0.25) is 16.0 Å². The monoisotopic (exact) mass is 290 g/mol. The Kier molecular flexibility index (Phi) is 4.68. The van der Waals surface area contributed by atoms with Crippen LogP contribution in [0, 0.1) is 15.9 Å². The van der Waals surface area contributed by atoms with E-state index >= 15 is 0 Å². The van der Waals surface area contributed by atoms with Crippen molar-refractivity contribution in [3.05, 3.63) is 64.0 Å². The van der Waals surface area contributed by atoms with Crippen LogP contribution in [-0.4, -0.2) is 11.5 Å². The van der Waals surface area contributed by atoms with Gasteiger partial charge >= 0.3 is 5.69 Å². The van der Waals surface area contributed by atoms with Gasteiger partial charge < -0.3 is 10.7 Å². The van der Waals surface area contributed by atoms with Crippen molar-refractivity contribution in [3.8, 4) is 0 Å². The largest absolute Gasteiger partial charge is 0.379 e. The third-order valence-electron chi connectivity index (χ3n) is 3.04. The van der Waals surface area contributed by atoms with Crippen molar-refractivity contribution in [2.75, 3.05) is 17.3 Å². The molecule has 21 heavy (non-hydrogen) atoms. The minimum absolute atomic E-state index is 0.131. The van der Waals surface area contributed by atoms with E-state index in [-0.39, 0.29) is 17.2 Å². The van der Waals surface area contributed by atoms with Crippen molar-refractivity contribution in [1.29, 1.82) is 0 Å². The van der Waals surface area contributed by atoms with E-state index in [2.05, 4.69) is 10.7 Å². The lowest BCUT2D eigenvalue weighted by molar-refractivity contribution is -0.383. The van der Waals surface area contributed by atoms with Crippen LogP contribution in [0.3, 0.4) is 0 Å². The van der Waals surface area contributed by atoms with Crippen LogP contribution in [0.15, 0.2) is 42.5 Å². The first kappa shape index (κ1) is 14.7. The lowest BCUT2D eigenvalue weighted by Crippen LogP contribution is -2.12. The third kappa shape index (κ3) is 3.46. The van der Waals surface area contributed by atoms with E-state index in [0.717, 1.165) is 0 Å². The predicted octanol–water partition coefficient (Wildman–Crippen LogP) is 2.67. The Morgan fingerprint density at radius 2 is 1.86 bits per heavy atom. The van der Waals surface area contributed by atoms with Gasteiger partial charge in [0, 0.05) is 6.54 Å². The van der Waals surface area contributed by atoms with Crippen molar-refractivity contribution < 1.29 is 9.31 Å². The van der Waals surface area contributed by atoms with Gasteiger partial charge in [0.05, 0.1) is 4.92 Å². The number of anilines is 2. The number of para-hydroxylation sites is 1. The van der Waals surface area contributed by atoms with Gasteiger partial charge in [0.1, 0.15) is 17.2 Å². The third-order valence-corrected chi connectivity index (χ3v) is 3.04. The number of halogens is 1. The fourth-order valence-corrected chi connectivity index (χ4v) is 2.03. The lowest BCUT2D eigenvalue weighted by Gasteiger charge is -2.10. The maximum absolute atomic E-state index is 13.5. The first-order chi connectivity index (χ1) is 10.1. The number of nitrogens with two attached hydrogens (primary N) is 1. The van der Waals surface area contributed by atoms with E-state index < -0.39 is 4.92 Å². The molecule has 0 unspecified atom stereocenters. The van der Waals surface area contributed by atoms with Crippen LogP contribution in [0.4, 0.5) is 21.5 Å². The van der Waals surface area contributed by atoms with E-state index in [1.165, 1.54) is 12.1 Å². The molecule has 0 aliphatic heterocycles. The number of nitrogens with one attached hydrogen (secondary N) is 2. The number of hydrogen-bond acceptors (Lipinski definition) is 5. The van der Waals surface area contributed by atoms with Gasteiger partial charge in [-0.2, -0.15) is 0 Å².